The van der Waals surface area contributed by atoms with Crippen LogP contribution in [0.2, 0.25) is 0 Å². The van der Waals surface area contributed by atoms with Crippen molar-refractivity contribution < 1.29 is 5.11 Å². The zero-order valence-corrected chi connectivity index (χ0v) is 8.01. The van der Waals surface area contributed by atoms with Crippen LogP contribution < -0.4 is 5.73 Å². The molecule has 70 valence electrons. The van der Waals surface area contributed by atoms with E-state index in [1.165, 1.54) is 6.42 Å². The standard InChI is InChI=1S/C10H19NO/c1-9(2)7-3-4-10(5-7,6-11)8(9)12/h7-8,12H,3-6,11H2,1-2H3. The van der Waals surface area contributed by atoms with Crippen molar-refractivity contribution in [1.82, 2.24) is 0 Å². The maximum Gasteiger partial charge on any atom is 0.0662 e. The van der Waals surface area contributed by atoms with Gasteiger partial charge in [0.05, 0.1) is 6.10 Å². The number of hydrogen-bond donors (Lipinski definition) is 2. The normalized spacial score (nSPS) is 50.0. The molecule has 0 aliphatic heterocycles. The summed E-state index contributed by atoms with van der Waals surface area (Å²) in [7, 11) is 0. The monoisotopic (exact) mass is 169 g/mol. The zero-order valence-electron chi connectivity index (χ0n) is 8.01. The predicted molar refractivity (Wildman–Crippen MR) is 48.6 cm³/mol. The van der Waals surface area contributed by atoms with E-state index in [9.17, 15) is 5.11 Å². The smallest absolute Gasteiger partial charge is 0.0662 e. The van der Waals surface area contributed by atoms with Gasteiger partial charge in [-0.25, -0.2) is 0 Å². The van der Waals surface area contributed by atoms with Gasteiger partial charge in [0.2, 0.25) is 0 Å². The first-order chi connectivity index (χ1) is 5.53. The molecule has 3 N–H and O–H groups in total. The first-order valence-electron chi connectivity index (χ1n) is 4.91. The van der Waals surface area contributed by atoms with Crippen LogP contribution in [0, 0.1) is 16.7 Å². The van der Waals surface area contributed by atoms with Crippen molar-refractivity contribution >= 4 is 0 Å². The van der Waals surface area contributed by atoms with Crippen LogP contribution in [0.15, 0.2) is 0 Å². The van der Waals surface area contributed by atoms with Crippen molar-refractivity contribution in [3.8, 4) is 0 Å². The van der Waals surface area contributed by atoms with Crippen molar-refractivity contribution in [2.75, 3.05) is 6.54 Å². The summed E-state index contributed by atoms with van der Waals surface area (Å²) in [4.78, 5) is 0. The van der Waals surface area contributed by atoms with E-state index in [1.54, 1.807) is 0 Å². The number of fused-ring (bicyclic) bond motifs is 2. The van der Waals surface area contributed by atoms with Gasteiger partial charge in [-0.2, -0.15) is 0 Å². The lowest BCUT2D eigenvalue weighted by atomic mass is 9.69. The fraction of sp³-hybridized carbons (Fsp3) is 1.00. The number of rotatable bonds is 1. The molecular weight excluding hydrogens is 150 g/mol. The summed E-state index contributed by atoms with van der Waals surface area (Å²) >= 11 is 0. The molecule has 0 aromatic carbocycles. The molecule has 0 amide bonds. The SMILES string of the molecule is CC1(C)C2CCC(CN)(C2)C1O. The highest BCUT2D eigenvalue weighted by Crippen LogP contribution is 2.61. The van der Waals surface area contributed by atoms with E-state index in [-0.39, 0.29) is 16.9 Å². The topological polar surface area (TPSA) is 46.2 Å². The van der Waals surface area contributed by atoms with E-state index in [0.29, 0.717) is 12.5 Å². The molecule has 2 aliphatic carbocycles. The van der Waals surface area contributed by atoms with E-state index in [1.807, 2.05) is 0 Å². The quantitative estimate of drug-likeness (QED) is 0.618. The Bertz CT molecular complexity index is 202. The molecule has 0 saturated heterocycles. The first kappa shape index (κ1) is 8.52. The van der Waals surface area contributed by atoms with Gasteiger partial charge in [0.15, 0.2) is 0 Å². The molecule has 0 aromatic rings. The third kappa shape index (κ3) is 0.775. The summed E-state index contributed by atoms with van der Waals surface area (Å²) in [6, 6.07) is 0. The van der Waals surface area contributed by atoms with Gasteiger partial charge in [0.25, 0.3) is 0 Å². The van der Waals surface area contributed by atoms with Crippen molar-refractivity contribution in [3.05, 3.63) is 0 Å². The molecule has 3 atom stereocenters. The van der Waals surface area contributed by atoms with Crippen LogP contribution in [0.3, 0.4) is 0 Å². The van der Waals surface area contributed by atoms with E-state index < -0.39 is 0 Å². The highest BCUT2D eigenvalue weighted by atomic mass is 16.3. The summed E-state index contributed by atoms with van der Waals surface area (Å²) in [6.07, 6.45) is 3.38. The minimum Gasteiger partial charge on any atom is -0.392 e. The number of aliphatic hydroxyl groups excluding tert-OH is 1. The fourth-order valence-electron chi connectivity index (χ4n) is 3.35. The van der Waals surface area contributed by atoms with Crippen LogP contribution in [0.1, 0.15) is 33.1 Å². The average molecular weight is 169 g/mol. The molecule has 2 fully saturated rings. The molecule has 3 unspecified atom stereocenters. The Hall–Kier alpha value is -0.0800. The Morgan fingerprint density at radius 1 is 1.50 bits per heavy atom. The van der Waals surface area contributed by atoms with Crippen LogP contribution in [0.25, 0.3) is 0 Å². The Morgan fingerprint density at radius 2 is 2.17 bits per heavy atom. The molecule has 0 radical (unpaired) electrons. The van der Waals surface area contributed by atoms with Crippen LogP contribution >= 0.6 is 0 Å². The molecule has 2 nitrogen and oxygen atoms in total. The van der Waals surface area contributed by atoms with E-state index in [0.717, 1.165) is 12.8 Å². The Kier molecular flexibility index (Phi) is 1.59. The molecule has 0 aromatic heterocycles. The molecule has 0 heterocycles. The van der Waals surface area contributed by atoms with Gasteiger partial charge >= 0.3 is 0 Å². The highest BCUT2D eigenvalue weighted by molar-refractivity contribution is 5.10. The van der Waals surface area contributed by atoms with Crippen molar-refractivity contribution in [2.45, 2.75) is 39.2 Å². The van der Waals surface area contributed by atoms with Gasteiger partial charge < -0.3 is 10.8 Å². The lowest BCUT2D eigenvalue weighted by Gasteiger charge is -2.40. The van der Waals surface area contributed by atoms with Gasteiger partial charge in [-0.15, -0.1) is 0 Å². The molecule has 2 rings (SSSR count). The maximum atomic E-state index is 10.1. The van der Waals surface area contributed by atoms with Crippen molar-refractivity contribution in [1.29, 1.82) is 0 Å². The summed E-state index contributed by atoms with van der Waals surface area (Å²) < 4.78 is 0. The third-order valence-electron chi connectivity index (χ3n) is 4.39. The molecule has 2 bridgehead atoms. The Morgan fingerprint density at radius 3 is 2.50 bits per heavy atom. The Labute approximate surface area is 74.1 Å². The van der Waals surface area contributed by atoms with Crippen LogP contribution in [-0.2, 0) is 0 Å². The van der Waals surface area contributed by atoms with Crippen molar-refractivity contribution in [2.24, 2.45) is 22.5 Å². The Balaban J connectivity index is 2.32. The minimum absolute atomic E-state index is 0.0775. The number of aliphatic hydroxyl groups is 1. The lowest BCUT2D eigenvalue weighted by molar-refractivity contribution is -0.0379. The zero-order chi connectivity index (χ0) is 8.98. The number of hydrogen-bond acceptors (Lipinski definition) is 2. The largest absolute Gasteiger partial charge is 0.392 e. The summed E-state index contributed by atoms with van der Waals surface area (Å²) in [5, 5.41) is 10.1. The second-order valence-electron chi connectivity index (χ2n) is 5.23. The third-order valence-corrected chi connectivity index (χ3v) is 4.39. The van der Waals surface area contributed by atoms with Crippen LogP contribution in [-0.4, -0.2) is 17.8 Å². The van der Waals surface area contributed by atoms with Gasteiger partial charge in [-0.05, 0) is 30.6 Å². The van der Waals surface area contributed by atoms with E-state index in [2.05, 4.69) is 13.8 Å². The molecule has 2 aliphatic rings. The van der Waals surface area contributed by atoms with Gasteiger partial charge in [-0.1, -0.05) is 13.8 Å². The predicted octanol–water partition coefficient (Wildman–Crippen LogP) is 1.13. The second kappa shape index (κ2) is 2.24. The second-order valence-corrected chi connectivity index (χ2v) is 5.23. The lowest BCUT2D eigenvalue weighted by Crippen LogP contribution is -2.45. The number of nitrogens with two attached hydrogens (primary N) is 1. The van der Waals surface area contributed by atoms with E-state index in [4.69, 9.17) is 5.73 Å². The minimum atomic E-state index is -0.172. The average Bonchev–Trinajstić information content (AvgIpc) is 2.53. The highest BCUT2D eigenvalue weighted by Gasteiger charge is 2.60. The van der Waals surface area contributed by atoms with Gasteiger partial charge in [0.1, 0.15) is 0 Å². The summed E-state index contributed by atoms with van der Waals surface area (Å²) in [6.45, 7) is 5.02. The molecule has 2 saturated carbocycles. The summed E-state index contributed by atoms with van der Waals surface area (Å²) in [5.41, 5.74) is 5.94. The van der Waals surface area contributed by atoms with E-state index >= 15 is 0 Å². The molecule has 12 heavy (non-hydrogen) atoms. The van der Waals surface area contributed by atoms with Crippen molar-refractivity contribution in [3.63, 3.8) is 0 Å². The fourth-order valence-corrected chi connectivity index (χ4v) is 3.35. The van der Waals surface area contributed by atoms with Gasteiger partial charge in [0, 0.05) is 12.0 Å². The molecular formula is C10H19NO. The van der Waals surface area contributed by atoms with Crippen LogP contribution in [0.4, 0.5) is 0 Å². The maximum absolute atomic E-state index is 10.1. The molecule has 2 heteroatoms. The summed E-state index contributed by atoms with van der Waals surface area (Å²) in [5.74, 6) is 0.705. The molecule has 0 spiro atoms. The van der Waals surface area contributed by atoms with Gasteiger partial charge in [-0.3, -0.25) is 0 Å². The first-order valence-corrected chi connectivity index (χ1v) is 4.91. The van der Waals surface area contributed by atoms with Crippen LogP contribution in [0.5, 0.6) is 0 Å².